The number of rotatable bonds is 3. The van der Waals surface area contributed by atoms with Gasteiger partial charge in [-0.15, -0.1) is 0 Å². The number of hydrogen-bond acceptors (Lipinski definition) is 2. The first-order valence-corrected chi connectivity index (χ1v) is 6.13. The van der Waals surface area contributed by atoms with Gasteiger partial charge in [-0.2, -0.15) is 0 Å². The average Bonchev–Trinajstić information content (AvgIpc) is 2.28. The van der Waals surface area contributed by atoms with Gasteiger partial charge < -0.3 is 10.1 Å². The van der Waals surface area contributed by atoms with Crippen LogP contribution in [0.1, 0.15) is 19.8 Å². The van der Waals surface area contributed by atoms with E-state index in [1.54, 1.807) is 0 Å². The first-order valence-electron chi connectivity index (χ1n) is 5.75. The Labute approximate surface area is 102 Å². The minimum absolute atomic E-state index is 0.348. The van der Waals surface area contributed by atoms with Crippen LogP contribution in [0.25, 0.3) is 0 Å². The van der Waals surface area contributed by atoms with E-state index in [9.17, 15) is 0 Å². The molecule has 0 unspecified atom stereocenters. The van der Waals surface area contributed by atoms with E-state index in [1.807, 2.05) is 18.2 Å². The summed E-state index contributed by atoms with van der Waals surface area (Å²) in [6.07, 6.45) is 2.25. The van der Waals surface area contributed by atoms with Crippen molar-refractivity contribution in [1.82, 2.24) is 0 Å². The molecule has 1 aliphatic rings. The fourth-order valence-corrected chi connectivity index (χ4v) is 2.15. The summed E-state index contributed by atoms with van der Waals surface area (Å²) >= 11 is 5.94. The summed E-state index contributed by atoms with van der Waals surface area (Å²) in [6, 6.07) is 7.87. The Morgan fingerprint density at radius 2 is 2.12 bits per heavy atom. The molecule has 0 bridgehead atoms. The van der Waals surface area contributed by atoms with Crippen LogP contribution in [-0.2, 0) is 4.74 Å². The largest absolute Gasteiger partial charge is 0.384 e. The molecule has 1 aromatic rings. The first kappa shape index (κ1) is 11.7. The number of ether oxygens (including phenoxy) is 1. The van der Waals surface area contributed by atoms with Crippen LogP contribution in [0, 0.1) is 5.41 Å². The molecule has 0 saturated carbocycles. The van der Waals surface area contributed by atoms with Crippen molar-refractivity contribution in [1.29, 1.82) is 0 Å². The molecule has 1 saturated heterocycles. The lowest BCUT2D eigenvalue weighted by atomic mass is 9.82. The van der Waals surface area contributed by atoms with E-state index in [4.69, 9.17) is 16.3 Å². The number of nitrogens with one attached hydrogen (secondary N) is 1. The van der Waals surface area contributed by atoms with Crippen molar-refractivity contribution in [2.75, 3.05) is 25.1 Å². The highest BCUT2D eigenvalue weighted by Crippen LogP contribution is 2.30. The van der Waals surface area contributed by atoms with Crippen molar-refractivity contribution in [3.8, 4) is 0 Å². The number of hydrogen-bond donors (Lipinski definition) is 1. The summed E-state index contributed by atoms with van der Waals surface area (Å²) < 4.78 is 5.39. The standard InChI is InChI=1S/C13H18ClNO/c1-13(5-7-16-8-6-13)10-15-12-4-2-3-11(14)9-12/h2-4,9,15H,5-8,10H2,1H3. The van der Waals surface area contributed by atoms with Gasteiger partial charge in [0.15, 0.2) is 0 Å². The van der Waals surface area contributed by atoms with Gasteiger partial charge in [-0.05, 0) is 36.5 Å². The molecule has 1 fully saturated rings. The molecule has 0 radical (unpaired) electrons. The second-order valence-corrected chi connectivity index (χ2v) is 5.22. The highest BCUT2D eigenvalue weighted by molar-refractivity contribution is 6.30. The van der Waals surface area contributed by atoms with Crippen LogP contribution in [0.15, 0.2) is 24.3 Å². The van der Waals surface area contributed by atoms with Gasteiger partial charge in [-0.25, -0.2) is 0 Å². The van der Waals surface area contributed by atoms with Crippen LogP contribution in [0.5, 0.6) is 0 Å². The molecule has 2 nitrogen and oxygen atoms in total. The molecule has 0 aliphatic carbocycles. The zero-order valence-corrected chi connectivity index (χ0v) is 10.4. The maximum Gasteiger partial charge on any atom is 0.0471 e. The second kappa shape index (κ2) is 5.07. The summed E-state index contributed by atoms with van der Waals surface area (Å²) in [7, 11) is 0. The Kier molecular flexibility index (Phi) is 3.72. The van der Waals surface area contributed by atoms with Crippen molar-refractivity contribution < 1.29 is 4.74 Å². The Hall–Kier alpha value is -0.730. The third-order valence-corrected chi connectivity index (χ3v) is 3.48. The topological polar surface area (TPSA) is 21.3 Å². The van der Waals surface area contributed by atoms with E-state index < -0.39 is 0 Å². The van der Waals surface area contributed by atoms with Crippen LogP contribution in [0.2, 0.25) is 5.02 Å². The maximum atomic E-state index is 5.94. The van der Waals surface area contributed by atoms with Crippen molar-refractivity contribution in [3.63, 3.8) is 0 Å². The Balaban J connectivity index is 1.91. The molecule has 1 aliphatic heterocycles. The Bertz CT molecular complexity index is 348. The maximum absolute atomic E-state index is 5.94. The molecule has 16 heavy (non-hydrogen) atoms. The SMILES string of the molecule is CC1(CNc2cccc(Cl)c2)CCOCC1. The van der Waals surface area contributed by atoms with Crippen LogP contribution in [0.4, 0.5) is 5.69 Å². The predicted molar refractivity (Wildman–Crippen MR) is 68.1 cm³/mol. The molecule has 0 aromatic heterocycles. The lowest BCUT2D eigenvalue weighted by Crippen LogP contribution is -2.33. The number of benzene rings is 1. The highest BCUT2D eigenvalue weighted by Gasteiger charge is 2.26. The van der Waals surface area contributed by atoms with E-state index in [0.717, 1.165) is 43.3 Å². The van der Waals surface area contributed by atoms with Gasteiger partial charge in [0.1, 0.15) is 0 Å². The minimum atomic E-state index is 0.348. The van der Waals surface area contributed by atoms with Crippen molar-refractivity contribution >= 4 is 17.3 Å². The van der Waals surface area contributed by atoms with Gasteiger partial charge in [0.25, 0.3) is 0 Å². The summed E-state index contributed by atoms with van der Waals surface area (Å²) in [5, 5.41) is 4.24. The van der Waals surface area contributed by atoms with Crippen molar-refractivity contribution in [3.05, 3.63) is 29.3 Å². The van der Waals surface area contributed by atoms with E-state index in [0.29, 0.717) is 5.41 Å². The molecule has 3 heteroatoms. The number of anilines is 1. The molecule has 1 aromatic carbocycles. The Morgan fingerprint density at radius 3 is 2.81 bits per heavy atom. The zero-order chi connectivity index (χ0) is 11.4. The van der Waals surface area contributed by atoms with Gasteiger partial charge in [-0.1, -0.05) is 24.6 Å². The molecule has 88 valence electrons. The normalized spacial score (nSPS) is 19.4. The van der Waals surface area contributed by atoms with Crippen LogP contribution in [0.3, 0.4) is 0 Å². The molecular formula is C13H18ClNO. The molecule has 1 N–H and O–H groups in total. The monoisotopic (exact) mass is 239 g/mol. The lowest BCUT2D eigenvalue weighted by Gasteiger charge is -2.33. The predicted octanol–water partition coefficient (Wildman–Crippen LogP) is 3.57. The average molecular weight is 240 g/mol. The molecule has 1 heterocycles. The van der Waals surface area contributed by atoms with Gasteiger partial charge >= 0.3 is 0 Å². The summed E-state index contributed by atoms with van der Waals surface area (Å²) in [5.41, 5.74) is 1.45. The summed E-state index contributed by atoms with van der Waals surface area (Å²) in [4.78, 5) is 0. The minimum Gasteiger partial charge on any atom is -0.384 e. The number of halogens is 1. The summed E-state index contributed by atoms with van der Waals surface area (Å²) in [6.45, 7) is 5.06. The zero-order valence-electron chi connectivity index (χ0n) is 9.63. The molecule has 2 rings (SSSR count). The third kappa shape index (κ3) is 3.13. The van der Waals surface area contributed by atoms with Gasteiger partial charge in [0.2, 0.25) is 0 Å². The van der Waals surface area contributed by atoms with Crippen LogP contribution < -0.4 is 5.32 Å². The summed E-state index contributed by atoms with van der Waals surface area (Å²) in [5.74, 6) is 0. The third-order valence-electron chi connectivity index (χ3n) is 3.24. The van der Waals surface area contributed by atoms with Crippen LogP contribution in [-0.4, -0.2) is 19.8 Å². The van der Waals surface area contributed by atoms with Gasteiger partial charge in [-0.3, -0.25) is 0 Å². The molecule has 0 amide bonds. The fraction of sp³-hybridized carbons (Fsp3) is 0.538. The molecule has 0 spiro atoms. The van der Waals surface area contributed by atoms with E-state index in [1.165, 1.54) is 0 Å². The van der Waals surface area contributed by atoms with Crippen LogP contribution >= 0.6 is 11.6 Å². The smallest absolute Gasteiger partial charge is 0.0471 e. The van der Waals surface area contributed by atoms with E-state index in [2.05, 4.69) is 18.3 Å². The van der Waals surface area contributed by atoms with Crippen molar-refractivity contribution in [2.24, 2.45) is 5.41 Å². The lowest BCUT2D eigenvalue weighted by molar-refractivity contribution is 0.0300. The van der Waals surface area contributed by atoms with E-state index in [-0.39, 0.29) is 0 Å². The quantitative estimate of drug-likeness (QED) is 0.871. The first-order chi connectivity index (χ1) is 7.68. The van der Waals surface area contributed by atoms with Crippen molar-refractivity contribution in [2.45, 2.75) is 19.8 Å². The second-order valence-electron chi connectivity index (χ2n) is 4.79. The van der Waals surface area contributed by atoms with Gasteiger partial charge in [0, 0.05) is 30.5 Å². The Morgan fingerprint density at radius 1 is 1.38 bits per heavy atom. The molecular weight excluding hydrogens is 222 g/mol. The van der Waals surface area contributed by atoms with Gasteiger partial charge in [0.05, 0.1) is 0 Å². The molecule has 0 atom stereocenters. The highest BCUT2D eigenvalue weighted by atomic mass is 35.5. The fourth-order valence-electron chi connectivity index (χ4n) is 1.95. The van der Waals surface area contributed by atoms with E-state index >= 15 is 0 Å².